The van der Waals surface area contributed by atoms with Crippen LogP contribution < -0.4 is 4.72 Å². The van der Waals surface area contributed by atoms with Gasteiger partial charge in [0.15, 0.2) is 0 Å². The Morgan fingerprint density at radius 3 is 2.35 bits per heavy atom. The van der Waals surface area contributed by atoms with Gasteiger partial charge in [0, 0.05) is 0 Å². The van der Waals surface area contributed by atoms with Gasteiger partial charge in [0.05, 0.1) is 22.6 Å². The fraction of sp³-hybridized carbons (Fsp3) is 0.462. The predicted molar refractivity (Wildman–Crippen MR) is 72.2 cm³/mol. The molecule has 0 bridgehead atoms. The number of carbonyl (C=O) groups is 1. The molecule has 6 nitrogen and oxygen atoms in total. The van der Waals surface area contributed by atoms with E-state index in [1.165, 1.54) is 12.1 Å². The molecule has 2 rings (SSSR count). The lowest BCUT2D eigenvalue weighted by Crippen LogP contribution is -2.39. The van der Waals surface area contributed by atoms with Gasteiger partial charge >= 0.3 is 5.97 Å². The summed E-state index contributed by atoms with van der Waals surface area (Å²) in [4.78, 5) is 11.1. The van der Waals surface area contributed by atoms with E-state index in [4.69, 9.17) is 5.11 Å². The van der Waals surface area contributed by atoms with Crippen molar-refractivity contribution in [3.8, 4) is 0 Å². The molecule has 20 heavy (non-hydrogen) atoms. The summed E-state index contributed by atoms with van der Waals surface area (Å²) < 4.78 is 27.1. The molecule has 0 radical (unpaired) electrons. The first-order valence-corrected chi connectivity index (χ1v) is 7.68. The van der Waals surface area contributed by atoms with Crippen LogP contribution in [0.4, 0.5) is 0 Å². The van der Waals surface area contributed by atoms with Gasteiger partial charge in [-0.3, -0.25) is 0 Å². The van der Waals surface area contributed by atoms with Crippen LogP contribution in [0.3, 0.4) is 0 Å². The van der Waals surface area contributed by atoms with E-state index in [9.17, 15) is 18.3 Å². The van der Waals surface area contributed by atoms with E-state index >= 15 is 0 Å². The maximum Gasteiger partial charge on any atom is 0.335 e. The van der Waals surface area contributed by atoms with Crippen molar-refractivity contribution in [1.29, 1.82) is 0 Å². The highest BCUT2D eigenvalue weighted by atomic mass is 32.2. The van der Waals surface area contributed by atoms with Crippen LogP contribution in [-0.4, -0.2) is 36.7 Å². The molecule has 0 saturated heterocycles. The summed E-state index contributed by atoms with van der Waals surface area (Å²) in [6, 6.07) is 2.71. The number of rotatable bonds is 5. The molecule has 1 aromatic rings. The van der Waals surface area contributed by atoms with E-state index in [1.807, 2.05) is 0 Å². The Morgan fingerprint density at radius 2 is 1.90 bits per heavy atom. The smallest absolute Gasteiger partial charge is 0.335 e. The number of carboxylic acid groups (broad SMARTS) is 1. The molecule has 0 atom stereocenters. The van der Waals surface area contributed by atoms with Crippen LogP contribution in [0.5, 0.6) is 0 Å². The molecule has 0 aliphatic heterocycles. The maximum absolute atomic E-state index is 12.3. The quantitative estimate of drug-likeness (QED) is 0.746. The lowest BCUT2D eigenvalue weighted by atomic mass is 10.1. The van der Waals surface area contributed by atoms with Crippen LogP contribution in [0.1, 0.15) is 34.3 Å². The summed E-state index contributed by atoms with van der Waals surface area (Å²) in [6.45, 7) is 2.98. The van der Waals surface area contributed by atoms with Crippen molar-refractivity contribution in [2.24, 2.45) is 0 Å². The number of aliphatic hydroxyl groups excluding tert-OH is 1. The van der Waals surface area contributed by atoms with Gasteiger partial charge in [-0.05, 0) is 43.9 Å². The van der Waals surface area contributed by atoms with Crippen molar-refractivity contribution < 1.29 is 23.4 Å². The number of aliphatic hydroxyl groups is 1. The molecule has 0 spiro atoms. The molecule has 0 amide bonds. The van der Waals surface area contributed by atoms with Crippen LogP contribution in [0.15, 0.2) is 17.0 Å². The lowest BCUT2D eigenvalue weighted by Gasteiger charge is -2.17. The molecule has 1 aromatic carbocycles. The van der Waals surface area contributed by atoms with Crippen LogP contribution >= 0.6 is 0 Å². The van der Waals surface area contributed by atoms with E-state index in [0.717, 1.165) is 0 Å². The second-order valence-corrected chi connectivity index (χ2v) is 6.93. The number of hydrogen-bond acceptors (Lipinski definition) is 4. The van der Waals surface area contributed by atoms with Crippen molar-refractivity contribution in [1.82, 2.24) is 4.72 Å². The van der Waals surface area contributed by atoms with E-state index < -0.39 is 21.5 Å². The fourth-order valence-corrected chi connectivity index (χ4v) is 3.84. The van der Waals surface area contributed by atoms with E-state index in [-0.39, 0.29) is 17.1 Å². The number of aromatic carboxylic acids is 1. The number of nitrogens with one attached hydrogen (secondary N) is 1. The molecule has 0 aromatic heterocycles. The number of aryl methyl sites for hydroxylation is 2. The number of sulfonamides is 1. The summed E-state index contributed by atoms with van der Waals surface area (Å²) in [5.74, 6) is -1.16. The molecule has 7 heteroatoms. The Balaban J connectivity index is 2.46. The first-order valence-electron chi connectivity index (χ1n) is 6.20. The normalized spacial score (nSPS) is 16.9. The topological polar surface area (TPSA) is 104 Å². The first kappa shape index (κ1) is 15.0. The van der Waals surface area contributed by atoms with Crippen molar-refractivity contribution in [3.63, 3.8) is 0 Å². The zero-order valence-electron chi connectivity index (χ0n) is 11.3. The third-order valence-electron chi connectivity index (χ3n) is 3.55. The summed E-state index contributed by atoms with van der Waals surface area (Å²) in [7, 11) is -3.84. The Labute approximate surface area is 117 Å². The largest absolute Gasteiger partial charge is 0.478 e. The van der Waals surface area contributed by atoms with Gasteiger partial charge in [-0.15, -0.1) is 0 Å². The van der Waals surface area contributed by atoms with Crippen LogP contribution in [0, 0.1) is 13.8 Å². The highest BCUT2D eigenvalue weighted by Gasteiger charge is 2.45. The van der Waals surface area contributed by atoms with Crippen LogP contribution in [0.25, 0.3) is 0 Å². The van der Waals surface area contributed by atoms with Crippen molar-refractivity contribution in [2.45, 2.75) is 37.1 Å². The zero-order valence-corrected chi connectivity index (χ0v) is 12.1. The Bertz CT molecular complexity index is 662. The average molecular weight is 299 g/mol. The molecule has 110 valence electrons. The fourth-order valence-electron chi connectivity index (χ4n) is 2.14. The third kappa shape index (κ3) is 2.70. The third-order valence-corrected chi connectivity index (χ3v) is 5.27. The van der Waals surface area contributed by atoms with E-state index in [1.54, 1.807) is 13.8 Å². The number of hydrogen-bond donors (Lipinski definition) is 3. The molecule has 1 aliphatic carbocycles. The predicted octanol–water partition coefficient (Wildman–Crippen LogP) is 0.805. The number of benzene rings is 1. The van der Waals surface area contributed by atoms with Crippen LogP contribution in [0.2, 0.25) is 0 Å². The van der Waals surface area contributed by atoms with Gasteiger partial charge in [-0.25, -0.2) is 17.9 Å². The van der Waals surface area contributed by atoms with Gasteiger partial charge < -0.3 is 10.2 Å². The SMILES string of the molecule is Cc1cc(C)c(S(=O)(=O)NC2(CO)CC2)cc1C(=O)O. The molecule has 1 aliphatic rings. The van der Waals surface area contributed by atoms with Crippen molar-refractivity contribution in [3.05, 3.63) is 28.8 Å². The van der Waals surface area contributed by atoms with Gasteiger partial charge in [-0.1, -0.05) is 6.07 Å². The highest BCUT2D eigenvalue weighted by molar-refractivity contribution is 7.89. The zero-order chi connectivity index (χ0) is 15.1. The number of carboxylic acids is 1. The Morgan fingerprint density at radius 1 is 1.30 bits per heavy atom. The van der Waals surface area contributed by atoms with Crippen LogP contribution in [-0.2, 0) is 10.0 Å². The average Bonchev–Trinajstić information content (AvgIpc) is 3.07. The molecule has 0 heterocycles. The molecule has 1 fully saturated rings. The highest BCUT2D eigenvalue weighted by Crippen LogP contribution is 2.36. The Kier molecular flexibility index (Phi) is 3.62. The molecule has 0 unspecified atom stereocenters. The maximum atomic E-state index is 12.3. The summed E-state index contributed by atoms with van der Waals surface area (Å²) in [6.07, 6.45) is 1.17. The first-order chi connectivity index (χ1) is 9.21. The lowest BCUT2D eigenvalue weighted by molar-refractivity contribution is 0.0696. The van der Waals surface area contributed by atoms with E-state index in [0.29, 0.717) is 24.0 Å². The Hall–Kier alpha value is -1.44. The van der Waals surface area contributed by atoms with Gasteiger partial charge in [-0.2, -0.15) is 0 Å². The molecular formula is C13H17NO5S. The molecule has 1 saturated carbocycles. The summed E-state index contributed by atoms with van der Waals surface area (Å²) in [5.41, 5.74) is 0.176. The van der Waals surface area contributed by atoms with E-state index in [2.05, 4.69) is 4.72 Å². The summed E-state index contributed by atoms with van der Waals surface area (Å²) >= 11 is 0. The van der Waals surface area contributed by atoms with Gasteiger partial charge in [0.1, 0.15) is 0 Å². The second kappa shape index (κ2) is 4.83. The molecule has 3 N–H and O–H groups in total. The van der Waals surface area contributed by atoms with Crippen molar-refractivity contribution in [2.75, 3.05) is 6.61 Å². The van der Waals surface area contributed by atoms with Gasteiger partial charge in [0.25, 0.3) is 0 Å². The minimum Gasteiger partial charge on any atom is -0.478 e. The molecular weight excluding hydrogens is 282 g/mol. The minimum atomic E-state index is -3.84. The monoisotopic (exact) mass is 299 g/mol. The minimum absolute atomic E-state index is 0.0372. The summed E-state index contributed by atoms with van der Waals surface area (Å²) in [5, 5.41) is 18.3. The van der Waals surface area contributed by atoms with Gasteiger partial charge in [0.2, 0.25) is 10.0 Å². The van der Waals surface area contributed by atoms with Crippen molar-refractivity contribution >= 4 is 16.0 Å². The standard InChI is InChI=1S/C13H17NO5S/c1-8-5-9(2)11(6-10(8)12(16)17)20(18,19)14-13(7-15)3-4-13/h5-6,14-15H,3-4,7H2,1-2H3,(H,16,17). The second-order valence-electron chi connectivity index (χ2n) is 5.28.